The van der Waals surface area contributed by atoms with Crippen LogP contribution < -0.4 is 5.73 Å². The molecule has 1 aliphatic heterocycles. The molecule has 1 aromatic rings. The molecule has 1 amide bonds. The summed E-state index contributed by atoms with van der Waals surface area (Å²) in [7, 11) is 0. The van der Waals surface area contributed by atoms with Crippen molar-refractivity contribution in [2.24, 2.45) is 5.73 Å². The van der Waals surface area contributed by atoms with E-state index in [0.29, 0.717) is 26.1 Å². The molecule has 1 aliphatic rings. The molecule has 4 nitrogen and oxygen atoms in total. The molecule has 0 radical (unpaired) electrons. The van der Waals surface area contributed by atoms with E-state index in [-0.39, 0.29) is 18.1 Å². The predicted molar refractivity (Wildman–Crippen MR) is 74.6 cm³/mol. The van der Waals surface area contributed by atoms with Crippen LogP contribution in [0.15, 0.2) is 30.3 Å². The summed E-state index contributed by atoms with van der Waals surface area (Å²) < 4.78 is 5.75. The summed E-state index contributed by atoms with van der Waals surface area (Å²) in [4.78, 5) is 14.0. The van der Waals surface area contributed by atoms with E-state index < -0.39 is 0 Å². The van der Waals surface area contributed by atoms with Gasteiger partial charge in [-0.1, -0.05) is 30.3 Å². The fraction of sp³-hybridized carbons (Fsp3) is 0.533. The summed E-state index contributed by atoms with van der Waals surface area (Å²) in [5.74, 6) is 0.182. The summed E-state index contributed by atoms with van der Waals surface area (Å²) in [5, 5.41) is 0. The maximum absolute atomic E-state index is 12.1. The highest BCUT2D eigenvalue weighted by Gasteiger charge is 2.24. The fourth-order valence-electron chi connectivity index (χ4n) is 2.25. The van der Waals surface area contributed by atoms with Crippen LogP contribution in [-0.4, -0.2) is 36.5 Å². The van der Waals surface area contributed by atoms with Gasteiger partial charge in [-0.2, -0.15) is 0 Å². The third-order valence-electron chi connectivity index (χ3n) is 3.40. The molecule has 1 aromatic carbocycles. The second-order valence-electron chi connectivity index (χ2n) is 5.13. The molecule has 2 rings (SSSR count). The summed E-state index contributed by atoms with van der Waals surface area (Å²) in [6.45, 7) is 3.85. The minimum absolute atomic E-state index is 0.00537. The molecule has 2 N–H and O–H groups in total. The number of carbonyl (C=O) groups excluding carboxylic acids is 1. The largest absolute Gasteiger partial charge is 0.370 e. The van der Waals surface area contributed by atoms with E-state index in [1.54, 1.807) is 0 Å². The molecule has 2 unspecified atom stereocenters. The molecule has 0 aliphatic carbocycles. The first kappa shape index (κ1) is 14.0. The monoisotopic (exact) mass is 262 g/mol. The van der Waals surface area contributed by atoms with Crippen molar-refractivity contribution in [3.63, 3.8) is 0 Å². The molecule has 4 heteroatoms. The van der Waals surface area contributed by atoms with Crippen LogP contribution in [-0.2, 0) is 9.53 Å². The maximum atomic E-state index is 12.1. The number of ether oxygens (including phenoxy) is 1. The molecule has 1 fully saturated rings. The van der Waals surface area contributed by atoms with Crippen molar-refractivity contribution in [1.82, 2.24) is 4.90 Å². The molecule has 1 heterocycles. The van der Waals surface area contributed by atoms with Gasteiger partial charge in [-0.05, 0) is 18.9 Å². The Balaban J connectivity index is 1.92. The highest BCUT2D eigenvalue weighted by Crippen LogP contribution is 2.22. The third-order valence-corrected chi connectivity index (χ3v) is 3.40. The Morgan fingerprint density at radius 1 is 1.47 bits per heavy atom. The average molecular weight is 262 g/mol. The molecule has 1 saturated heterocycles. The zero-order valence-corrected chi connectivity index (χ0v) is 11.4. The van der Waals surface area contributed by atoms with Crippen molar-refractivity contribution in [3.05, 3.63) is 35.9 Å². The van der Waals surface area contributed by atoms with Crippen LogP contribution in [0, 0.1) is 0 Å². The first-order chi connectivity index (χ1) is 9.16. The Bertz CT molecular complexity index is 406. The number of amides is 1. The second kappa shape index (κ2) is 6.68. The zero-order valence-electron chi connectivity index (χ0n) is 11.4. The highest BCUT2D eigenvalue weighted by molar-refractivity contribution is 5.76. The molecule has 2 atom stereocenters. The van der Waals surface area contributed by atoms with E-state index in [9.17, 15) is 4.79 Å². The van der Waals surface area contributed by atoms with E-state index in [1.807, 2.05) is 42.2 Å². The summed E-state index contributed by atoms with van der Waals surface area (Å²) >= 11 is 0. The summed E-state index contributed by atoms with van der Waals surface area (Å²) in [5.41, 5.74) is 6.82. The van der Waals surface area contributed by atoms with Gasteiger partial charge in [-0.3, -0.25) is 4.79 Å². The lowest BCUT2D eigenvalue weighted by molar-refractivity contribution is -0.139. The first-order valence-electron chi connectivity index (χ1n) is 6.86. The van der Waals surface area contributed by atoms with Crippen molar-refractivity contribution >= 4 is 5.91 Å². The number of nitrogens with two attached hydrogens (primary N) is 1. The van der Waals surface area contributed by atoms with Gasteiger partial charge >= 0.3 is 0 Å². The van der Waals surface area contributed by atoms with Crippen LogP contribution in [0.5, 0.6) is 0 Å². The van der Waals surface area contributed by atoms with Crippen molar-refractivity contribution in [2.45, 2.75) is 31.9 Å². The SMILES string of the molecule is CC(N)CCC(=O)N1CCOC(c2ccccc2)C1. The van der Waals surface area contributed by atoms with Crippen LogP contribution >= 0.6 is 0 Å². The Labute approximate surface area is 114 Å². The average Bonchev–Trinajstić information content (AvgIpc) is 2.46. The van der Waals surface area contributed by atoms with E-state index in [2.05, 4.69) is 0 Å². The van der Waals surface area contributed by atoms with Crippen LogP contribution in [0.25, 0.3) is 0 Å². The summed E-state index contributed by atoms with van der Waals surface area (Å²) in [6, 6.07) is 10.1. The van der Waals surface area contributed by atoms with Gasteiger partial charge in [0.15, 0.2) is 0 Å². The molecule has 0 aromatic heterocycles. The van der Waals surface area contributed by atoms with Crippen molar-refractivity contribution in [1.29, 1.82) is 0 Å². The first-order valence-corrected chi connectivity index (χ1v) is 6.86. The van der Waals surface area contributed by atoms with Crippen LogP contribution in [0.2, 0.25) is 0 Å². The lowest BCUT2D eigenvalue weighted by atomic mass is 10.1. The maximum Gasteiger partial charge on any atom is 0.222 e. The van der Waals surface area contributed by atoms with Gasteiger partial charge in [0.2, 0.25) is 5.91 Å². The molecule has 0 bridgehead atoms. The van der Waals surface area contributed by atoms with Crippen molar-refractivity contribution < 1.29 is 9.53 Å². The minimum atomic E-state index is -0.00537. The number of carbonyl (C=O) groups is 1. The van der Waals surface area contributed by atoms with E-state index >= 15 is 0 Å². The summed E-state index contributed by atoms with van der Waals surface area (Å²) in [6.07, 6.45) is 1.26. The zero-order chi connectivity index (χ0) is 13.7. The minimum Gasteiger partial charge on any atom is -0.370 e. The van der Waals surface area contributed by atoms with Crippen molar-refractivity contribution in [3.8, 4) is 0 Å². The predicted octanol–water partition coefficient (Wildman–Crippen LogP) is 1.71. The van der Waals surface area contributed by atoms with E-state index in [4.69, 9.17) is 10.5 Å². The Morgan fingerprint density at radius 2 is 2.21 bits per heavy atom. The topological polar surface area (TPSA) is 55.6 Å². The quantitative estimate of drug-likeness (QED) is 0.898. The number of hydrogen-bond acceptors (Lipinski definition) is 3. The fourth-order valence-corrected chi connectivity index (χ4v) is 2.25. The number of rotatable bonds is 4. The van der Waals surface area contributed by atoms with Crippen molar-refractivity contribution in [2.75, 3.05) is 19.7 Å². The van der Waals surface area contributed by atoms with Gasteiger partial charge in [-0.15, -0.1) is 0 Å². The van der Waals surface area contributed by atoms with Gasteiger partial charge in [-0.25, -0.2) is 0 Å². The van der Waals surface area contributed by atoms with Crippen LogP contribution in [0.4, 0.5) is 0 Å². The van der Waals surface area contributed by atoms with E-state index in [0.717, 1.165) is 12.0 Å². The van der Waals surface area contributed by atoms with Crippen LogP contribution in [0.3, 0.4) is 0 Å². The lowest BCUT2D eigenvalue weighted by Crippen LogP contribution is -2.42. The molecule has 19 heavy (non-hydrogen) atoms. The lowest BCUT2D eigenvalue weighted by Gasteiger charge is -2.33. The highest BCUT2D eigenvalue weighted by atomic mass is 16.5. The number of morpholine rings is 1. The Hall–Kier alpha value is -1.39. The smallest absolute Gasteiger partial charge is 0.222 e. The Kier molecular flexibility index (Phi) is 4.93. The van der Waals surface area contributed by atoms with Gasteiger partial charge in [0.05, 0.1) is 13.2 Å². The van der Waals surface area contributed by atoms with Gasteiger partial charge in [0.1, 0.15) is 6.10 Å². The van der Waals surface area contributed by atoms with Gasteiger partial charge in [0.25, 0.3) is 0 Å². The Morgan fingerprint density at radius 3 is 2.89 bits per heavy atom. The molecule has 0 saturated carbocycles. The standard InChI is InChI=1S/C15H22N2O2/c1-12(16)7-8-15(18)17-9-10-19-14(11-17)13-5-3-2-4-6-13/h2-6,12,14H,7-11,16H2,1H3. The van der Waals surface area contributed by atoms with Gasteiger partial charge in [0, 0.05) is 19.0 Å². The number of hydrogen-bond donors (Lipinski definition) is 1. The molecule has 104 valence electrons. The second-order valence-corrected chi connectivity index (χ2v) is 5.13. The number of nitrogens with zero attached hydrogens (tertiary/aromatic N) is 1. The molecule has 0 spiro atoms. The van der Waals surface area contributed by atoms with E-state index in [1.165, 1.54) is 0 Å². The van der Waals surface area contributed by atoms with Gasteiger partial charge < -0.3 is 15.4 Å². The third kappa shape index (κ3) is 4.04. The molecular weight excluding hydrogens is 240 g/mol. The van der Waals surface area contributed by atoms with Crippen LogP contribution in [0.1, 0.15) is 31.4 Å². The number of benzene rings is 1. The molecular formula is C15H22N2O2. The normalized spacial score (nSPS) is 21.2.